The molecule has 0 saturated carbocycles. The molecule has 0 aliphatic carbocycles. The Morgan fingerprint density at radius 2 is 2.11 bits per heavy atom. The topological polar surface area (TPSA) is 71.3 Å². The Bertz CT molecular complexity index is 482. The number of hydrogen-bond donors (Lipinski definition) is 2. The van der Waals surface area contributed by atoms with E-state index in [1.165, 1.54) is 0 Å². The second-order valence-corrected chi connectivity index (χ2v) is 3.43. The summed E-state index contributed by atoms with van der Waals surface area (Å²) in [6, 6.07) is 1.70. The third kappa shape index (κ3) is 3.59. The van der Waals surface area contributed by atoms with Crippen LogP contribution in [0.1, 0.15) is 5.56 Å². The molecule has 1 aromatic rings. The molecule has 5 nitrogen and oxygen atoms in total. The average Bonchev–Trinajstić information content (AvgIpc) is 2.27. The number of aromatic nitrogens is 1. The van der Waals surface area contributed by atoms with E-state index in [0.717, 1.165) is 12.3 Å². The molecule has 0 unspecified atom stereocenters. The summed E-state index contributed by atoms with van der Waals surface area (Å²) < 4.78 is 37.9. The van der Waals surface area contributed by atoms with E-state index in [4.69, 9.17) is 5.11 Å². The first-order valence-corrected chi connectivity index (χ1v) is 5.00. The summed E-state index contributed by atoms with van der Waals surface area (Å²) in [5.74, 6) is -0.648. The lowest BCUT2D eigenvalue weighted by molar-refractivity contribution is -0.139. The Labute approximate surface area is 99.8 Å². The molecule has 100 valence electrons. The molecule has 1 aromatic heterocycles. The van der Waals surface area contributed by atoms with E-state index >= 15 is 0 Å². The molecular weight excluding hydrogens is 253 g/mol. The summed E-state index contributed by atoms with van der Waals surface area (Å²) in [5.41, 5.74) is -2.59. The minimum atomic E-state index is -4.75. The molecule has 0 atom stereocenters. The molecule has 0 aliphatic heterocycles. The summed E-state index contributed by atoms with van der Waals surface area (Å²) in [4.78, 5) is 22.7. The van der Waals surface area contributed by atoms with E-state index in [1.54, 1.807) is 0 Å². The number of nitrogens with zero attached hydrogens (tertiary/aromatic N) is 1. The van der Waals surface area contributed by atoms with E-state index in [2.05, 4.69) is 5.32 Å². The van der Waals surface area contributed by atoms with Crippen molar-refractivity contribution >= 4 is 5.91 Å². The van der Waals surface area contributed by atoms with Gasteiger partial charge in [0.15, 0.2) is 0 Å². The standard InChI is InChI=1S/C10H11F3N2O3/c11-10(12,13)7-2-1-4-15(9(7)18)6-8(17)14-3-5-16/h1-2,4,16H,3,5-6H2,(H,14,17). The van der Waals surface area contributed by atoms with Crippen LogP contribution in [0.15, 0.2) is 23.1 Å². The summed E-state index contributed by atoms with van der Waals surface area (Å²) in [7, 11) is 0. The fourth-order valence-corrected chi connectivity index (χ4v) is 1.28. The first kappa shape index (κ1) is 14.2. The molecule has 0 radical (unpaired) electrons. The van der Waals surface area contributed by atoms with Crippen LogP contribution in [0.2, 0.25) is 0 Å². The highest BCUT2D eigenvalue weighted by molar-refractivity contribution is 5.75. The molecule has 1 rings (SSSR count). The van der Waals surface area contributed by atoms with Gasteiger partial charge in [-0.3, -0.25) is 9.59 Å². The number of nitrogens with one attached hydrogen (secondary N) is 1. The highest BCUT2D eigenvalue weighted by Gasteiger charge is 2.34. The first-order valence-electron chi connectivity index (χ1n) is 5.00. The van der Waals surface area contributed by atoms with Crippen LogP contribution in [0.3, 0.4) is 0 Å². The number of amides is 1. The lowest BCUT2D eigenvalue weighted by Crippen LogP contribution is -2.35. The quantitative estimate of drug-likeness (QED) is 0.802. The minimum absolute atomic E-state index is 0.0213. The molecule has 8 heteroatoms. The molecule has 18 heavy (non-hydrogen) atoms. The zero-order chi connectivity index (χ0) is 13.8. The fourth-order valence-electron chi connectivity index (χ4n) is 1.28. The van der Waals surface area contributed by atoms with Gasteiger partial charge in [-0.15, -0.1) is 0 Å². The van der Waals surface area contributed by atoms with Gasteiger partial charge in [0.1, 0.15) is 12.1 Å². The van der Waals surface area contributed by atoms with Gasteiger partial charge in [0.05, 0.1) is 6.61 Å². The number of pyridine rings is 1. The van der Waals surface area contributed by atoms with Gasteiger partial charge in [0.25, 0.3) is 5.56 Å². The van der Waals surface area contributed by atoms with Crippen LogP contribution in [0.5, 0.6) is 0 Å². The Morgan fingerprint density at radius 1 is 1.44 bits per heavy atom. The van der Waals surface area contributed by atoms with Crippen molar-refractivity contribution in [1.29, 1.82) is 0 Å². The maximum Gasteiger partial charge on any atom is 0.421 e. The molecule has 2 N–H and O–H groups in total. The number of aliphatic hydroxyl groups is 1. The number of alkyl halides is 3. The van der Waals surface area contributed by atoms with Crippen LogP contribution in [-0.2, 0) is 17.5 Å². The highest BCUT2D eigenvalue weighted by Crippen LogP contribution is 2.25. The van der Waals surface area contributed by atoms with Crippen molar-refractivity contribution in [2.45, 2.75) is 12.7 Å². The lowest BCUT2D eigenvalue weighted by atomic mass is 10.2. The smallest absolute Gasteiger partial charge is 0.395 e. The van der Waals surface area contributed by atoms with Crippen LogP contribution < -0.4 is 10.9 Å². The van der Waals surface area contributed by atoms with Gasteiger partial charge in [-0.05, 0) is 12.1 Å². The van der Waals surface area contributed by atoms with Gasteiger partial charge in [-0.25, -0.2) is 0 Å². The average molecular weight is 264 g/mol. The fraction of sp³-hybridized carbons (Fsp3) is 0.400. The van der Waals surface area contributed by atoms with Gasteiger partial charge >= 0.3 is 6.18 Å². The number of carbonyl (C=O) groups excluding carboxylic acids is 1. The zero-order valence-corrected chi connectivity index (χ0v) is 9.20. The number of carbonyl (C=O) groups is 1. The summed E-state index contributed by atoms with van der Waals surface area (Å²) >= 11 is 0. The number of halogens is 3. The van der Waals surface area contributed by atoms with E-state index in [1.807, 2.05) is 0 Å². The molecule has 0 aliphatic rings. The molecule has 0 saturated heterocycles. The maximum atomic E-state index is 12.4. The molecule has 1 heterocycles. The third-order valence-electron chi connectivity index (χ3n) is 2.07. The molecule has 0 fully saturated rings. The Hall–Kier alpha value is -1.83. The SMILES string of the molecule is O=C(Cn1cccc(C(F)(F)F)c1=O)NCCO. The number of rotatable bonds is 4. The second kappa shape index (κ2) is 5.67. The van der Waals surface area contributed by atoms with Crippen molar-refractivity contribution in [3.05, 3.63) is 34.2 Å². The van der Waals surface area contributed by atoms with Crippen LogP contribution in [0.4, 0.5) is 13.2 Å². The van der Waals surface area contributed by atoms with Crippen molar-refractivity contribution in [3.8, 4) is 0 Å². The third-order valence-corrected chi connectivity index (χ3v) is 2.07. The summed E-state index contributed by atoms with van der Waals surface area (Å²) in [6.45, 7) is -0.835. The van der Waals surface area contributed by atoms with Crippen LogP contribution in [0, 0.1) is 0 Å². The van der Waals surface area contributed by atoms with Gasteiger partial charge in [-0.2, -0.15) is 13.2 Å². The largest absolute Gasteiger partial charge is 0.421 e. The number of aliphatic hydroxyl groups excluding tert-OH is 1. The van der Waals surface area contributed by atoms with Crippen molar-refractivity contribution in [2.24, 2.45) is 0 Å². The second-order valence-electron chi connectivity index (χ2n) is 3.43. The lowest BCUT2D eigenvalue weighted by Gasteiger charge is -2.10. The summed E-state index contributed by atoms with van der Waals surface area (Å²) in [6.07, 6.45) is -3.65. The van der Waals surface area contributed by atoms with Crippen molar-refractivity contribution in [1.82, 2.24) is 9.88 Å². The monoisotopic (exact) mass is 264 g/mol. The van der Waals surface area contributed by atoms with Crippen molar-refractivity contribution in [3.63, 3.8) is 0 Å². The van der Waals surface area contributed by atoms with Crippen LogP contribution in [-0.4, -0.2) is 28.7 Å². The summed E-state index contributed by atoms with van der Waals surface area (Å²) in [5, 5.41) is 10.7. The minimum Gasteiger partial charge on any atom is -0.395 e. The Kier molecular flexibility index (Phi) is 4.49. The normalized spacial score (nSPS) is 11.3. The van der Waals surface area contributed by atoms with Gasteiger partial charge in [0.2, 0.25) is 5.91 Å². The van der Waals surface area contributed by atoms with Gasteiger partial charge in [0, 0.05) is 12.7 Å². The van der Waals surface area contributed by atoms with Crippen molar-refractivity contribution < 1.29 is 23.1 Å². The highest BCUT2D eigenvalue weighted by atomic mass is 19.4. The maximum absolute atomic E-state index is 12.4. The Balaban J connectivity index is 2.92. The number of hydrogen-bond acceptors (Lipinski definition) is 3. The van der Waals surface area contributed by atoms with Crippen molar-refractivity contribution in [2.75, 3.05) is 13.2 Å². The molecule has 0 spiro atoms. The van der Waals surface area contributed by atoms with Crippen LogP contribution in [0.25, 0.3) is 0 Å². The van der Waals surface area contributed by atoms with E-state index in [-0.39, 0.29) is 13.2 Å². The van der Waals surface area contributed by atoms with Gasteiger partial charge in [-0.1, -0.05) is 0 Å². The van der Waals surface area contributed by atoms with Gasteiger partial charge < -0.3 is 15.0 Å². The van der Waals surface area contributed by atoms with E-state index in [9.17, 15) is 22.8 Å². The van der Waals surface area contributed by atoms with E-state index in [0.29, 0.717) is 10.6 Å². The molecule has 1 amide bonds. The van der Waals surface area contributed by atoms with E-state index < -0.39 is 29.8 Å². The Morgan fingerprint density at radius 3 is 2.67 bits per heavy atom. The molecular formula is C10H11F3N2O3. The molecule has 0 aromatic carbocycles. The molecule has 0 bridgehead atoms. The predicted molar refractivity (Wildman–Crippen MR) is 55.8 cm³/mol. The van der Waals surface area contributed by atoms with Crippen LogP contribution >= 0.6 is 0 Å². The zero-order valence-electron chi connectivity index (χ0n) is 9.20. The predicted octanol–water partition coefficient (Wildman–Crippen LogP) is -0.0244. The first-order chi connectivity index (χ1) is 8.36.